The van der Waals surface area contributed by atoms with E-state index in [0.717, 1.165) is 41.6 Å². The van der Waals surface area contributed by atoms with Gasteiger partial charge in [0.05, 0.1) is 16.4 Å². The topological polar surface area (TPSA) is 38.0 Å². The van der Waals surface area contributed by atoms with Crippen molar-refractivity contribution in [1.82, 2.24) is 9.78 Å². The second kappa shape index (κ2) is 4.78. The molecule has 0 radical (unpaired) electrons. The highest BCUT2D eigenvalue weighted by molar-refractivity contribution is 6.31. The molecule has 4 heteroatoms. The summed E-state index contributed by atoms with van der Waals surface area (Å²) < 4.78 is 1.92. The van der Waals surface area contributed by atoms with E-state index in [0.29, 0.717) is 5.92 Å². The van der Waals surface area contributed by atoms with Crippen molar-refractivity contribution in [2.45, 2.75) is 45.4 Å². The van der Waals surface area contributed by atoms with E-state index in [4.69, 9.17) is 11.6 Å². The molecule has 0 aliphatic heterocycles. The average Bonchev–Trinajstić information content (AvgIpc) is 3.07. The standard InChI is InChI=1S/C15H23ClN2O/c1-3-12-14(16)13(18(2)17-12)8-15(9-19)7-10-4-5-11(15)6-10/h10-11,19H,3-9H2,1-2H3. The molecule has 3 rings (SSSR count). The first-order chi connectivity index (χ1) is 9.09. The third kappa shape index (κ3) is 2.02. The number of aryl methyl sites for hydroxylation is 2. The molecule has 0 spiro atoms. The molecule has 106 valence electrons. The number of hydrogen-bond donors (Lipinski definition) is 1. The van der Waals surface area contributed by atoms with Gasteiger partial charge in [-0.2, -0.15) is 5.10 Å². The molecule has 1 N–H and O–H groups in total. The van der Waals surface area contributed by atoms with Gasteiger partial charge in [-0.15, -0.1) is 0 Å². The van der Waals surface area contributed by atoms with Gasteiger partial charge in [-0.05, 0) is 43.9 Å². The first-order valence-corrected chi connectivity index (χ1v) is 7.78. The number of rotatable bonds is 4. The molecule has 0 aromatic carbocycles. The first kappa shape index (κ1) is 13.4. The van der Waals surface area contributed by atoms with E-state index in [9.17, 15) is 5.11 Å². The Morgan fingerprint density at radius 2 is 2.26 bits per heavy atom. The summed E-state index contributed by atoms with van der Waals surface area (Å²) in [5, 5.41) is 15.3. The van der Waals surface area contributed by atoms with Crippen molar-refractivity contribution in [3.8, 4) is 0 Å². The molecule has 3 unspecified atom stereocenters. The van der Waals surface area contributed by atoms with Gasteiger partial charge in [0.1, 0.15) is 0 Å². The SMILES string of the molecule is CCc1nn(C)c(CC2(CO)CC3CCC2C3)c1Cl. The lowest BCUT2D eigenvalue weighted by molar-refractivity contribution is 0.0634. The third-order valence-corrected chi connectivity index (χ3v) is 5.88. The number of halogens is 1. The number of aromatic nitrogens is 2. The van der Waals surface area contributed by atoms with Crippen LogP contribution in [-0.2, 0) is 19.9 Å². The predicted octanol–water partition coefficient (Wildman–Crippen LogP) is 2.98. The Hall–Kier alpha value is -0.540. The van der Waals surface area contributed by atoms with Crippen LogP contribution in [0.15, 0.2) is 0 Å². The molecule has 19 heavy (non-hydrogen) atoms. The summed E-state index contributed by atoms with van der Waals surface area (Å²) in [6.07, 6.45) is 6.85. The maximum Gasteiger partial charge on any atom is 0.0849 e. The van der Waals surface area contributed by atoms with Crippen molar-refractivity contribution < 1.29 is 5.11 Å². The largest absolute Gasteiger partial charge is 0.396 e. The Morgan fingerprint density at radius 3 is 2.74 bits per heavy atom. The van der Waals surface area contributed by atoms with Crippen molar-refractivity contribution in [3.05, 3.63) is 16.4 Å². The first-order valence-electron chi connectivity index (χ1n) is 7.40. The minimum absolute atomic E-state index is 0.0609. The van der Waals surface area contributed by atoms with Crippen LogP contribution in [0, 0.1) is 17.3 Å². The molecule has 3 atom stereocenters. The van der Waals surface area contributed by atoms with E-state index in [1.165, 1.54) is 19.3 Å². The van der Waals surface area contributed by atoms with Gasteiger partial charge < -0.3 is 5.11 Å². The van der Waals surface area contributed by atoms with E-state index in [-0.39, 0.29) is 12.0 Å². The van der Waals surface area contributed by atoms with Crippen LogP contribution in [-0.4, -0.2) is 21.5 Å². The zero-order valence-corrected chi connectivity index (χ0v) is 12.6. The van der Waals surface area contributed by atoms with E-state index in [1.807, 2.05) is 11.7 Å². The minimum Gasteiger partial charge on any atom is -0.396 e. The highest BCUT2D eigenvalue weighted by Crippen LogP contribution is 2.57. The monoisotopic (exact) mass is 282 g/mol. The summed E-state index contributed by atoms with van der Waals surface area (Å²) in [6.45, 7) is 2.37. The number of nitrogens with zero attached hydrogens (tertiary/aromatic N) is 2. The zero-order valence-electron chi connectivity index (χ0n) is 11.8. The Morgan fingerprint density at radius 1 is 1.47 bits per heavy atom. The van der Waals surface area contributed by atoms with E-state index < -0.39 is 0 Å². The molecule has 0 amide bonds. The van der Waals surface area contributed by atoms with Crippen LogP contribution in [0.25, 0.3) is 0 Å². The normalized spacial score (nSPS) is 33.3. The fourth-order valence-corrected chi connectivity index (χ4v) is 4.73. The van der Waals surface area contributed by atoms with E-state index in [1.54, 1.807) is 0 Å². The Kier molecular flexibility index (Phi) is 3.38. The van der Waals surface area contributed by atoms with Gasteiger partial charge in [0, 0.05) is 19.1 Å². The Balaban J connectivity index is 1.90. The minimum atomic E-state index is 0.0609. The summed E-state index contributed by atoms with van der Waals surface area (Å²) in [4.78, 5) is 0. The van der Waals surface area contributed by atoms with Crippen molar-refractivity contribution in [1.29, 1.82) is 0 Å². The number of hydrogen-bond acceptors (Lipinski definition) is 2. The lowest BCUT2D eigenvalue weighted by Crippen LogP contribution is -2.34. The zero-order chi connectivity index (χ0) is 13.6. The molecule has 2 aliphatic rings. The fourth-order valence-electron chi connectivity index (χ4n) is 4.37. The highest BCUT2D eigenvalue weighted by atomic mass is 35.5. The molecule has 1 aromatic heterocycles. The van der Waals surface area contributed by atoms with Gasteiger partial charge in [0.2, 0.25) is 0 Å². The second-order valence-corrected chi connectivity index (χ2v) is 6.84. The van der Waals surface area contributed by atoms with E-state index in [2.05, 4.69) is 12.0 Å². The Labute approximate surface area is 120 Å². The molecule has 2 bridgehead atoms. The number of aliphatic hydroxyl groups is 1. The summed E-state index contributed by atoms with van der Waals surface area (Å²) in [5.74, 6) is 1.51. The number of aliphatic hydroxyl groups excluding tert-OH is 1. The van der Waals surface area contributed by atoms with Crippen molar-refractivity contribution in [2.75, 3.05) is 6.61 Å². The molecule has 1 heterocycles. The van der Waals surface area contributed by atoms with Crippen LogP contribution in [0.5, 0.6) is 0 Å². The molecule has 2 saturated carbocycles. The Bertz CT molecular complexity index is 485. The molecule has 3 nitrogen and oxygen atoms in total. The smallest absolute Gasteiger partial charge is 0.0849 e. The quantitative estimate of drug-likeness (QED) is 0.922. The van der Waals surface area contributed by atoms with Crippen LogP contribution in [0.4, 0.5) is 0 Å². The second-order valence-electron chi connectivity index (χ2n) is 6.46. The molecule has 2 aliphatic carbocycles. The molecule has 1 aromatic rings. The van der Waals surface area contributed by atoms with Crippen molar-refractivity contribution >= 4 is 11.6 Å². The van der Waals surface area contributed by atoms with Gasteiger partial charge in [0.25, 0.3) is 0 Å². The van der Waals surface area contributed by atoms with Gasteiger partial charge in [-0.1, -0.05) is 24.9 Å². The summed E-state index contributed by atoms with van der Waals surface area (Å²) in [7, 11) is 1.97. The van der Waals surface area contributed by atoms with Crippen molar-refractivity contribution in [3.63, 3.8) is 0 Å². The van der Waals surface area contributed by atoms with Crippen LogP contribution in [0.3, 0.4) is 0 Å². The lowest BCUT2D eigenvalue weighted by Gasteiger charge is -2.36. The molecule has 0 saturated heterocycles. The average molecular weight is 283 g/mol. The number of fused-ring (bicyclic) bond motifs is 2. The van der Waals surface area contributed by atoms with Gasteiger partial charge in [0.15, 0.2) is 0 Å². The molecular formula is C15H23ClN2O. The van der Waals surface area contributed by atoms with Gasteiger partial charge in [-0.25, -0.2) is 0 Å². The predicted molar refractivity (Wildman–Crippen MR) is 76.3 cm³/mol. The summed E-state index contributed by atoms with van der Waals surface area (Å²) in [5.41, 5.74) is 2.15. The van der Waals surface area contributed by atoms with Crippen LogP contribution in [0.2, 0.25) is 5.02 Å². The molecular weight excluding hydrogens is 260 g/mol. The van der Waals surface area contributed by atoms with Crippen LogP contribution in [0.1, 0.15) is 44.0 Å². The van der Waals surface area contributed by atoms with E-state index >= 15 is 0 Å². The fraction of sp³-hybridized carbons (Fsp3) is 0.800. The lowest BCUT2D eigenvalue weighted by atomic mass is 9.70. The van der Waals surface area contributed by atoms with Crippen molar-refractivity contribution in [2.24, 2.45) is 24.3 Å². The highest BCUT2D eigenvalue weighted by Gasteiger charge is 2.51. The summed E-state index contributed by atoms with van der Waals surface area (Å²) >= 11 is 6.46. The maximum absolute atomic E-state index is 9.97. The van der Waals surface area contributed by atoms with Crippen LogP contribution >= 0.6 is 11.6 Å². The van der Waals surface area contributed by atoms with Crippen LogP contribution < -0.4 is 0 Å². The molecule has 2 fully saturated rings. The third-order valence-electron chi connectivity index (χ3n) is 5.44. The van der Waals surface area contributed by atoms with Gasteiger partial charge in [-0.3, -0.25) is 4.68 Å². The maximum atomic E-state index is 9.97. The van der Waals surface area contributed by atoms with Gasteiger partial charge >= 0.3 is 0 Å². The summed E-state index contributed by atoms with van der Waals surface area (Å²) in [6, 6.07) is 0.